The molecule has 2 heterocycles. The van der Waals surface area contributed by atoms with Gasteiger partial charge in [-0.2, -0.15) is 0 Å². The third-order valence-corrected chi connectivity index (χ3v) is 2.60. The SMILES string of the molecule is CC(C)(C)OCc1cc2nc(Br)ccc2[nH]1. The lowest BCUT2D eigenvalue weighted by molar-refractivity contribution is -0.0162. The molecule has 0 aliphatic rings. The highest BCUT2D eigenvalue weighted by Crippen LogP contribution is 2.18. The minimum Gasteiger partial charge on any atom is -0.370 e. The summed E-state index contributed by atoms with van der Waals surface area (Å²) < 4.78 is 6.55. The zero-order chi connectivity index (χ0) is 11.8. The van der Waals surface area contributed by atoms with Gasteiger partial charge in [0.1, 0.15) is 4.60 Å². The van der Waals surface area contributed by atoms with E-state index in [1.54, 1.807) is 0 Å². The van der Waals surface area contributed by atoms with Crippen molar-refractivity contribution in [2.24, 2.45) is 0 Å². The summed E-state index contributed by atoms with van der Waals surface area (Å²) >= 11 is 3.36. The number of ether oxygens (including phenoxy) is 1. The molecule has 0 aromatic carbocycles. The van der Waals surface area contributed by atoms with Gasteiger partial charge in [-0.25, -0.2) is 4.98 Å². The molecule has 1 N–H and O–H groups in total. The molecule has 0 fully saturated rings. The number of aromatic amines is 1. The molecule has 3 nitrogen and oxygen atoms in total. The largest absolute Gasteiger partial charge is 0.370 e. The fourth-order valence-electron chi connectivity index (χ4n) is 1.41. The number of hydrogen-bond acceptors (Lipinski definition) is 2. The van der Waals surface area contributed by atoms with Crippen LogP contribution >= 0.6 is 15.9 Å². The van der Waals surface area contributed by atoms with Gasteiger partial charge in [0.2, 0.25) is 0 Å². The van der Waals surface area contributed by atoms with Crippen LogP contribution in [0.4, 0.5) is 0 Å². The Morgan fingerprint density at radius 1 is 1.38 bits per heavy atom. The van der Waals surface area contributed by atoms with Crippen molar-refractivity contribution in [1.82, 2.24) is 9.97 Å². The van der Waals surface area contributed by atoms with E-state index in [0.29, 0.717) is 6.61 Å². The second-order valence-corrected chi connectivity index (χ2v) is 5.57. The van der Waals surface area contributed by atoms with Gasteiger partial charge >= 0.3 is 0 Å². The molecule has 16 heavy (non-hydrogen) atoms. The van der Waals surface area contributed by atoms with E-state index in [1.807, 2.05) is 39.0 Å². The van der Waals surface area contributed by atoms with Gasteiger partial charge in [0.05, 0.1) is 23.2 Å². The fraction of sp³-hybridized carbons (Fsp3) is 0.417. The van der Waals surface area contributed by atoms with Gasteiger partial charge in [0.25, 0.3) is 0 Å². The number of hydrogen-bond donors (Lipinski definition) is 1. The summed E-state index contributed by atoms with van der Waals surface area (Å²) in [6.07, 6.45) is 0. The van der Waals surface area contributed by atoms with E-state index in [0.717, 1.165) is 21.3 Å². The first-order chi connectivity index (χ1) is 7.44. The van der Waals surface area contributed by atoms with Crippen LogP contribution in [0.1, 0.15) is 26.5 Å². The van der Waals surface area contributed by atoms with Crippen molar-refractivity contribution in [1.29, 1.82) is 0 Å². The highest BCUT2D eigenvalue weighted by atomic mass is 79.9. The smallest absolute Gasteiger partial charge is 0.106 e. The average molecular weight is 283 g/mol. The van der Waals surface area contributed by atoms with E-state index >= 15 is 0 Å². The maximum Gasteiger partial charge on any atom is 0.106 e. The lowest BCUT2D eigenvalue weighted by Crippen LogP contribution is -2.18. The predicted octanol–water partition coefficient (Wildman–Crippen LogP) is 3.64. The van der Waals surface area contributed by atoms with Gasteiger partial charge in [-0.05, 0) is 54.9 Å². The minimum atomic E-state index is -0.120. The van der Waals surface area contributed by atoms with Gasteiger partial charge < -0.3 is 9.72 Å². The van der Waals surface area contributed by atoms with Gasteiger partial charge in [0, 0.05) is 5.69 Å². The second kappa shape index (κ2) is 4.18. The lowest BCUT2D eigenvalue weighted by atomic mass is 10.2. The summed E-state index contributed by atoms with van der Waals surface area (Å²) in [4.78, 5) is 7.66. The summed E-state index contributed by atoms with van der Waals surface area (Å²) in [6, 6.07) is 5.95. The molecule has 0 radical (unpaired) electrons. The highest BCUT2D eigenvalue weighted by molar-refractivity contribution is 9.10. The first kappa shape index (κ1) is 11.6. The number of rotatable bonds is 2. The van der Waals surface area contributed by atoms with Crippen LogP contribution in [0.3, 0.4) is 0 Å². The first-order valence-electron chi connectivity index (χ1n) is 5.22. The van der Waals surface area contributed by atoms with Gasteiger partial charge in [-0.3, -0.25) is 0 Å². The summed E-state index contributed by atoms with van der Waals surface area (Å²) in [7, 11) is 0. The van der Waals surface area contributed by atoms with Crippen LogP contribution in [0.15, 0.2) is 22.8 Å². The molecule has 0 bridgehead atoms. The summed E-state index contributed by atoms with van der Waals surface area (Å²) in [5.74, 6) is 0. The number of aromatic nitrogens is 2. The Hall–Kier alpha value is -0.870. The fourth-order valence-corrected chi connectivity index (χ4v) is 1.74. The Balaban J connectivity index is 2.20. The highest BCUT2D eigenvalue weighted by Gasteiger charge is 2.11. The Bertz CT molecular complexity index is 499. The molecule has 2 aromatic heterocycles. The standard InChI is InChI=1S/C12H15BrN2O/c1-12(2,3)16-7-8-6-10-9(14-8)4-5-11(13)15-10/h4-6,14H,7H2,1-3H3. The van der Waals surface area contributed by atoms with Crippen molar-refractivity contribution in [3.63, 3.8) is 0 Å². The molecule has 0 aliphatic heterocycles. The number of halogens is 1. The van der Waals surface area contributed by atoms with Crippen LogP contribution in [0.25, 0.3) is 11.0 Å². The molecule has 0 atom stereocenters. The lowest BCUT2D eigenvalue weighted by Gasteiger charge is -2.18. The number of nitrogens with one attached hydrogen (secondary N) is 1. The van der Waals surface area contributed by atoms with E-state index in [9.17, 15) is 0 Å². The average Bonchev–Trinajstić information content (AvgIpc) is 2.55. The first-order valence-corrected chi connectivity index (χ1v) is 6.01. The van der Waals surface area contributed by atoms with Crippen molar-refractivity contribution in [3.8, 4) is 0 Å². The van der Waals surface area contributed by atoms with E-state index < -0.39 is 0 Å². The van der Waals surface area contributed by atoms with Gasteiger partial charge in [-0.15, -0.1) is 0 Å². The van der Waals surface area contributed by atoms with E-state index in [2.05, 4.69) is 25.9 Å². The maximum absolute atomic E-state index is 5.70. The molecule has 0 saturated carbocycles. The van der Waals surface area contributed by atoms with Crippen molar-refractivity contribution in [2.45, 2.75) is 33.0 Å². The number of H-pyrrole nitrogens is 1. The van der Waals surface area contributed by atoms with Crippen LogP contribution in [0.5, 0.6) is 0 Å². The Morgan fingerprint density at radius 3 is 2.81 bits per heavy atom. The number of nitrogens with zero attached hydrogens (tertiary/aromatic N) is 1. The normalized spacial score (nSPS) is 12.2. The Kier molecular flexibility index (Phi) is 3.04. The molecule has 0 spiro atoms. The van der Waals surface area contributed by atoms with Crippen molar-refractivity contribution in [3.05, 3.63) is 28.5 Å². The molecule has 0 amide bonds. The molecule has 0 saturated heterocycles. The van der Waals surface area contributed by atoms with Crippen molar-refractivity contribution >= 4 is 27.0 Å². The summed E-state index contributed by atoms with van der Waals surface area (Å²) in [6.45, 7) is 6.72. The third-order valence-electron chi connectivity index (χ3n) is 2.16. The van der Waals surface area contributed by atoms with E-state index in [4.69, 9.17) is 4.74 Å². The van der Waals surface area contributed by atoms with Gasteiger partial charge in [0.15, 0.2) is 0 Å². The van der Waals surface area contributed by atoms with E-state index in [-0.39, 0.29) is 5.60 Å². The molecular weight excluding hydrogens is 268 g/mol. The Labute approximate surface area is 103 Å². The molecule has 0 unspecified atom stereocenters. The van der Waals surface area contributed by atoms with Crippen LogP contribution in [-0.2, 0) is 11.3 Å². The maximum atomic E-state index is 5.70. The molecule has 2 rings (SSSR count). The molecule has 4 heteroatoms. The third kappa shape index (κ3) is 2.83. The zero-order valence-electron chi connectivity index (χ0n) is 9.67. The second-order valence-electron chi connectivity index (χ2n) is 4.76. The molecule has 2 aromatic rings. The summed E-state index contributed by atoms with van der Waals surface area (Å²) in [5, 5.41) is 0. The van der Waals surface area contributed by atoms with Crippen LogP contribution < -0.4 is 0 Å². The van der Waals surface area contributed by atoms with Crippen molar-refractivity contribution in [2.75, 3.05) is 0 Å². The van der Waals surface area contributed by atoms with Crippen molar-refractivity contribution < 1.29 is 4.74 Å². The molecule has 86 valence electrons. The Morgan fingerprint density at radius 2 is 2.12 bits per heavy atom. The van der Waals surface area contributed by atoms with Gasteiger partial charge in [-0.1, -0.05) is 0 Å². The zero-order valence-corrected chi connectivity index (χ0v) is 11.3. The monoisotopic (exact) mass is 282 g/mol. The quantitative estimate of drug-likeness (QED) is 0.854. The minimum absolute atomic E-state index is 0.120. The predicted molar refractivity (Wildman–Crippen MR) is 68.3 cm³/mol. The molecule has 0 aliphatic carbocycles. The number of pyridine rings is 1. The topological polar surface area (TPSA) is 37.9 Å². The number of fused-ring (bicyclic) bond motifs is 1. The van der Waals surface area contributed by atoms with Crippen LogP contribution in [-0.4, -0.2) is 15.6 Å². The van der Waals surface area contributed by atoms with Crippen LogP contribution in [0, 0.1) is 0 Å². The van der Waals surface area contributed by atoms with Crippen LogP contribution in [0.2, 0.25) is 0 Å². The molecular formula is C12H15BrN2O. The van der Waals surface area contributed by atoms with E-state index in [1.165, 1.54) is 0 Å². The summed E-state index contributed by atoms with van der Waals surface area (Å²) in [5.41, 5.74) is 2.93.